The van der Waals surface area contributed by atoms with Gasteiger partial charge in [-0.3, -0.25) is 4.79 Å². The van der Waals surface area contributed by atoms with Crippen LogP contribution < -0.4 is 15.4 Å². The highest BCUT2D eigenvalue weighted by Gasteiger charge is 2.12. The van der Waals surface area contributed by atoms with Gasteiger partial charge in [0.2, 0.25) is 0 Å². The first-order valence-corrected chi connectivity index (χ1v) is 7.08. The Morgan fingerprint density at radius 1 is 1.26 bits per heavy atom. The minimum absolute atomic E-state index is 0.0733. The van der Waals surface area contributed by atoms with E-state index in [1.54, 1.807) is 18.2 Å². The van der Waals surface area contributed by atoms with Crippen molar-refractivity contribution in [1.82, 2.24) is 0 Å². The molecule has 5 nitrogen and oxygen atoms in total. The number of nitrogens with zero attached hydrogens (tertiary/aromatic N) is 1. The highest BCUT2D eigenvalue weighted by molar-refractivity contribution is 6.31. The molecule has 0 aliphatic carbocycles. The first kappa shape index (κ1) is 16.4. The SMILES string of the molecule is COc1ccc(Cl)cc1NC(=O)/C(C#N)=C\Nc1ccccc1. The van der Waals surface area contributed by atoms with Crippen molar-refractivity contribution in [2.24, 2.45) is 0 Å². The van der Waals surface area contributed by atoms with Gasteiger partial charge >= 0.3 is 0 Å². The number of para-hydroxylation sites is 1. The first-order valence-electron chi connectivity index (χ1n) is 6.71. The number of amides is 1. The van der Waals surface area contributed by atoms with E-state index in [1.165, 1.54) is 13.3 Å². The Morgan fingerprint density at radius 3 is 2.65 bits per heavy atom. The zero-order valence-electron chi connectivity index (χ0n) is 12.3. The standard InChI is InChI=1S/C17H14ClN3O2/c1-23-16-8-7-13(18)9-15(16)21-17(22)12(10-19)11-20-14-5-3-2-4-6-14/h2-9,11,20H,1H3,(H,21,22)/b12-11-. The molecule has 116 valence electrons. The van der Waals surface area contributed by atoms with Crippen molar-refractivity contribution in [3.05, 3.63) is 65.3 Å². The Kier molecular flexibility index (Phi) is 5.61. The summed E-state index contributed by atoms with van der Waals surface area (Å²) < 4.78 is 5.15. The first-order chi connectivity index (χ1) is 11.1. The fourth-order valence-electron chi connectivity index (χ4n) is 1.81. The fraction of sp³-hybridized carbons (Fsp3) is 0.0588. The van der Waals surface area contributed by atoms with Gasteiger partial charge in [-0.2, -0.15) is 5.26 Å². The van der Waals surface area contributed by atoms with Crippen LogP contribution >= 0.6 is 11.6 Å². The highest BCUT2D eigenvalue weighted by atomic mass is 35.5. The molecule has 0 saturated carbocycles. The molecule has 0 heterocycles. The molecule has 23 heavy (non-hydrogen) atoms. The predicted molar refractivity (Wildman–Crippen MR) is 90.4 cm³/mol. The predicted octanol–water partition coefficient (Wildman–Crippen LogP) is 3.81. The van der Waals surface area contributed by atoms with Crippen LogP contribution in [0.25, 0.3) is 0 Å². The number of anilines is 2. The molecule has 0 radical (unpaired) electrons. The van der Waals surface area contributed by atoms with Gasteiger partial charge in [0.05, 0.1) is 12.8 Å². The average molecular weight is 328 g/mol. The van der Waals surface area contributed by atoms with Crippen molar-refractivity contribution >= 4 is 28.9 Å². The van der Waals surface area contributed by atoms with E-state index < -0.39 is 5.91 Å². The molecule has 2 rings (SSSR count). The van der Waals surface area contributed by atoms with E-state index in [2.05, 4.69) is 10.6 Å². The second-order valence-corrected chi connectivity index (χ2v) is 4.92. The molecule has 1 amide bonds. The molecule has 2 aromatic rings. The second-order valence-electron chi connectivity index (χ2n) is 4.48. The molecule has 0 fully saturated rings. The number of hydrogen-bond donors (Lipinski definition) is 2. The third-order valence-electron chi connectivity index (χ3n) is 2.93. The number of methoxy groups -OCH3 is 1. The van der Waals surface area contributed by atoms with Gasteiger partial charge < -0.3 is 15.4 Å². The summed E-state index contributed by atoms with van der Waals surface area (Å²) in [4.78, 5) is 12.2. The molecule has 0 aliphatic rings. The number of benzene rings is 2. The van der Waals surface area contributed by atoms with Gasteiger partial charge in [0.1, 0.15) is 17.4 Å². The van der Waals surface area contributed by atoms with E-state index in [0.29, 0.717) is 16.5 Å². The molecule has 0 unspecified atom stereocenters. The van der Waals surface area contributed by atoms with Crippen molar-refractivity contribution in [2.45, 2.75) is 0 Å². The van der Waals surface area contributed by atoms with Crippen LogP contribution in [0.5, 0.6) is 5.75 Å². The van der Waals surface area contributed by atoms with Gasteiger partial charge in [-0.25, -0.2) is 0 Å². The zero-order chi connectivity index (χ0) is 16.7. The number of ether oxygens (including phenoxy) is 1. The third kappa shape index (κ3) is 4.50. The monoisotopic (exact) mass is 327 g/mol. The maximum Gasteiger partial charge on any atom is 0.267 e. The molecule has 0 aliphatic heterocycles. The quantitative estimate of drug-likeness (QED) is 0.647. The number of hydrogen-bond acceptors (Lipinski definition) is 4. The van der Waals surface area contributed by atoms with E-state index in [9.17, 15) is 4.79 Å². The van der Waals surface area contributed by atoms with Gasteiger partial charge in [0.25, 0.3) is 5.91 Å². The summed E-state index contributed by atoms with van der Waals surface area (Å²) in [6.45, 7) is 0. The van der Waals surface area contributed by atoms with E-state index >= 15 is 0 Å². The van der Waals surface area contributed by atoms with Crippen molar-refractivity contribution in [3.63, 3.8) is 0 Å². The van der Waals surface area contributed by atoms with Crippen LogP contribution in [-0.2, 0) is 4.79 Å². The lowest BCUT2D eigenvalue weighted by Gasteiger charge is -2.10. The van der Waals surface area contributed by atoms with Gasteiger partial charge in [0, 0.05) is 16.9 Å². The van der Waals surface area contributed by atoms with Gasteiger partial charge in [-0.15, -0.1) is 0 Å². The van der Waals surface area contributed by atoms with Crippen LogP contribution in [0.3, 0.4) is 0 Å². The van der Waals surface area contributed by atoms with Crippen LogP contribution in [0, 0.1) is 11.3 Å². The normalized spacial score (nSPS) is 10.6. The number of nitrogens with one attached hydrogen (secondary N) is 2. The van der Waals surface area contributed by atoms with Crippen LogP contribution in [-0.4, -0.2) is 13.0 Å². The summed E-state index contributed by atoms with van der Waals surface area (Å²) in [5.74, 6) is -0.104. The van der Waals surface area contributed by atoms with Crippen LogP contribution in [0.1, 0.15) is 0 Å². The Labute approximate surface area is 139 Å². The Hall–Kier alpha value is -2.97. The second kappa shape index (κ2) is 7.87. The smallest absolute Gasteiger partial charge is 0.267 e. The van der Waals surface area contributed by atoms with Gasteiger partial charge in [-0.05, 0) is 30.3 Å². The average Bonchev–Trinajstić information content (AvgIpc) is 2.56. The summed E-state index contributed by atoms with van der Waals surface area (Å²) in [5, 5.41) is 15.1. The third-order valence-corrected chi connectivity index (χ3v) is 3.17. The van der Waals surface area contributed by atoms with E-state index in [4.69, 9.17) is 21.6 Å². The van der Waals surface area contributed by atoms with Gasteiger partial charge in [-0.1, -0.05) is 29.8 Å². The van der Waals surface area contributed by atoms with Crippen LogP contribution in [0.2, 0.25) is 5.02 Å². The molecule has 0 atom stereocenters. The molecule has 2 N–H and O–H groups in total. The Bertz CT molecular complexity index is 767. The lowest BCUT2D eigenvalue weighted by atomic mass is 10.2. The number of rotatable bonds is 5. The molecule has 6 heteroatoms. The summed E-state index contributed by atoms with van der Waals surface area (Å²) in [5.41, 5.74) is 1.09. The lowest BCUT2D eigenvalue weighted by molar-refractivity contribution is -0.112. The summed E-state index contributed by atoms with van der Waals surface area (Å²) in [6.07, 6.45) is 1.35. The zero-order valence-corrected chi connectivity index (χ0v) is 13.1. The maximum atomic E-state index is 12.2. The largest absolute Gasteiger partial charge is 0.495 e. The summed E-state index contributed by atoms with van der Waals surface area (Å²) >= 11 is 5.91. The molecule has 0 bridgehead atoms. The van der Waals surface area contributed by atoms with Crippen LogP contribution in [0.4, 0.5) is 11.4 Å². The topological polar surface area (TPSA) is 74.1 Å². The maximum absolute atomic E-state index is 12.2. The number of carbonyl (C=O) groups excluding carboxylic acids is 1. The van der Waals surface area contributed by atoms with Crippen molar-refractivity contribution in [2.75, 3.05) is 17.7 Å². The molecule has 0 aromatic heterocycles. The number of nitriles is 1. The fourth-order valence-corrected chi connectivity index (χ4v) is 1.98. The molecule has 0 spiro atoms. The lowest BCUT2D eigenvalue weighted by Crippen LogP contribution is -2.15. The van der Waals surface area contributed by atoms with E-state index in [1.807, 2.05) is 36.4 Å². The molecule has 0 saturated heterocycles. The summed E-state index contributed by atoms with van der Waals surface area (Å²) in [7, 11) is 1.48. The van der Waals surface area contributed by atoms with Crippen LogP contribution in [0.15, 0.2) is 60.3 Å². The Balaban J connectivity index is 2.15. The Morgan fingerprint density at radius 2 is 2.00 bits per heavy atom. The highest BCUT2D eigenvalue weighted by Crippen LogP contribution is 2.27. The molecular weight excluding hydrogens is 314 g/mol. The number of halogens is 1. The minimum atomic E-state index is -0.559. The molecular formula is C17H14ClN3O2. The van der Waals surface area contributed by atoms with E-state index in [0.717, 1.165) is 5.69 Å². The molecule has 2 aromatic carbocycles. The van der Waals surface area contributed by atoms with Crippen molar-refractivity contribution in [1.29, 1.82) is 5.26 Å². The van der Waals surface area contributed by atoms with Crippen molar-refractivity contribution in [3.8, 4) is 11.8 Å². The van der Waals surface area contributed by atoms with Crippen molar-refractivity contribution < 1.29 is 9.53 Å². The number of carbonyl (C=O) groups is 1. The summed E-state index contributed by atoms with van der Waals surface area (Å²) in [6, 6.07) is 15.9. The van der Waals surface area contributed by atoms with E-state index in [-0.39, 0.29) is 5.57 Å². The van der Waals surface area contributed by atoms with Gasteiger partial charge in [0.15, 0.2) is 0 Å². The minimum Gasteiger partial charge on any atom is -0.495 e.